The minimum atomic E-state index is -1.14. The first-order valence-corrected chi connectivity index (χ1v) is 12.2. The van der Waals surface area contributed by atoms with E-state index < -0.39 is 5.41 Å². The van der Waals surface area contributed by atoms with Gasteiger partial charge in [0.05, 0.1) is 5.41 Å². The van der Waals surface area contributed by atoms with Gasteiger partial charge in [-0.25, -0.2) is 0 Å². The summed E-state index contributed by atoms with van der Waals surface area (Å²) in [5.74, 6) is -0.561. The van der Waals surface area contributed by atoms with Gasteiger partial charge in [0.1, 0.15) is 0 Å². The van der Waals surface area contributed by atoms with E-state index in [9.17, 15) is 14.4 Å². The summed E-state index contributed by atoms with van der Waals surface area (Å²) < 4.78 is 5.09. The fourth-order valence-electron chi connectivity index (χ4n) is 5.21. The average Bonchev–Trinajstić information content (AvgIpc) is 3.41. The maximum atomic E-state index is 13.7. The van der Waals surface area contributed by atoms with Gasteiger partial charge in [0, 0.05) is 52.7 Å². The third-order valence-corrected chi connectivity index (χ3v) is 7.32. The van der Waals surface area contributed by atoms with Crippen molar-refractivity contribution < 1.29 is 19.1 Å². The van der Waals surface area contributed by atoms with Gasteiger partial charge in [0.15, 0.2) is 0 Å². The first kappa shape index (κ1) is 25.4. The normalized spacial score (nSPS) is 22.2. The third-order valence-electron chi connectivity index (χ3n) is 7.32. The summed E-state index contributed by atoms with van der Waals surface area (Å²) in [4.78, 5) is 45.5. The molecule has 1 aromatic carbocycles. The molecule has 7 heteroatoms. The number of imide groups is 1. The summed E-state index contributed by atoms with van der Waals surface area (Å²) in [6.07, 6.45) is 4.02. The van der Waals surface area contributed by atoms with E-state index in [0.29, 0.717) is 32.2 Å². The van der Waals surface area contributed by atoms with E-state index in [2.05, 4.69) is 11.8 Å². The molecule has 2 saturated heterocycles. The van der Waals surface area contributed by atoms with Crippen LogP contribution in [-0.4, -0.2) is 85.4 Å². The highest BCUT2D eigenvalue weighted by atomic mass is 16.5. The fourth-order valence-corrected chi connectivity index (χ4v) is 5.21. The number of rotatable bonds is 11. The largest absolute Gasteiger partial charge is 0.385 e. The van der Waals surface area contributed by atoms with Crippen molar-refractivity contribution in [1.29, 1.82) is 0 Å². The Kier molecular flexibility index (Phi) is 8.65. The molecule has 2 heterocycles. The van der Waals surface area contributed by atoms with Crippen LogP contribution < -0.4 is 0 Å². The second kappa shape index (κ2) is 11.3. The lowest BCUT2D eigenvalue weighted by Gasteiger charge is -2.31. The maximum Gasteiger partial charge on any atom is 0.240 e. The van der Waals surface area contributed by atoms with Crippen molar-refractivity contribution in [2.75, 3.05) is 46.9 Å². The van der Waals surface area contributed by atoms with Crippen LogP contribution in [-0.2, 0) is 24.5 Å². The topological polar surface area (TPSA) is 70.2 Å². The Labute approximate surface area is 198 Å². The van der Waals surface area contributed by atoms with Crippen molar-refractivity contribution in [3.05, 3.63) is 35.4 Å². The summed E-state index contributed by atoms with van der Waals surface area (Å²) in [7, 11) is 3.41. The molecule has 0 N–H and O–H groups in total. The molecule has 2 aliphatic rings. The molecular weight excluding hydrogens is 418 g/mol. The molecule has 1 aromatic rings. The molecule has 0 aliphatic carbocycles. The van der Waals surface area contributed by atoms with Crippen LogP contribution in [0, 0.1) is 6.92 Å². The number of nitrogens with zero attached hydrogens (tertiary/aromatic N) is 3. The zero-order valence-corrected chi connectivity index (χ0v) is 20.6. The lowest BCUT2D eigenvalue weighted by Crippen LogP contribution is -2.44. The number of hydrogen-bond donors (Lipinski definition) is 0. The molecule has 3 amide bonds. The zero-order valence-electron chi connectivity index (χ0n) is 20.6. The smallest absolute Gasteiger partial charge is 0.240 e. The highest BCUT2D eigenvalue weighted by Crippen LogP contribution is 2.41. The van der Waals surface area contributed by atoms with E-state index in [1.54, 1.807) is 12.0 Å². The number of benzene rings is 1. The van der Waals surface area contributed by atoms with Crippen molar-refractivity contribution in [1.82, 2.24) is 14.7 Å². The predicted octanol–water partition coefficient (Wildman–Crippen LogP) is 2.75. The quantitative estimate of drug-likeness (QED) is 0.378. The number of amides is 3. The standard InChI is InChI=1S/C26H39N3O4/c1-20-10-5-6-11-22(20)26(19-24(31)29(25(26)32)15-9-17-33-4)18-23(30)27(3)16-12-21(2)28-13-7-8-14-28/h5-6,10-11,21H,7-9,12-19H2,1-4H3/t21-,26+/m0/s1. The minimum absolute atomic E-state index is 0.0117. The van der Waals surface area contributed by atoms with Crippen molar-refractivity contribution in [2.24, 2.45) is 0 Å². The van der Waals surface area contributed by atoms with E-state index in [-0.39, 0.29) is 30.6 Å². The Morgan fingerprint density at radius 3 is 2.58 bits per heavy atom. The molecule has 0 radical (unpaired) electrons. The van der Waals surface area contributed by atoms with Gasteiger partial charge < -0.3 is 14.5 Å². The summed E-state index contributed by atoms with van der Waals surface area (Å²) in [5.41, 5.74) is 0.571. The SMILES string of the molecule is COCCCN1C(=O)C[C@](CC(=O)N(C)CC[C@H](C)N2CCCC2)(c2ccccc2C)C1=O. The molecule has 7 nitrogen and oxygen atoms in total. The van der Waals surface area contributed by atoms with Gasteiger partial charge in [-0.15, -0.1) is 0 Å². The van der Waals surface area contributed by atoms with E-state index >= 15 is 0 Å². The number of likely N-dealkylation sites (tertiary alicyclic amines) is 2. The molecule has 0 spiro atoms. The predicted molar refractivity (Wildman–Crippen MR) is 128 cm³/mol. The van der Waals surface area contributed by atoms with Crippen molar-refractivity contribution in [3.8, 4) is 0 Å². The number of carbonyl (C=O) groups is 3. The van der Waals surface area contributed by atoms with Gasteiger partial charge >= 0.3 is 0 Å². The molecule has 2 atom stereocenters. The highest BCUT2D eigenvalue weighted by Gasteiger charge is 2.54. The van der Waals surface area contributed by atoms with Gasteiger partial charge in [-0.1, -0.05) is 24.3 Å². The summed E-state index contributed by atoms with van der Waals surface area (Å²) in [6.45, 7) is 7.85. The Morgan fingerprint density at radius 2 is 1.91 bits per heavy atom. The van der Waals surface area contributed by atoms with Crippen molar-refractivity contribution in [2.45, 2.75) is 63.8 Å². The molecule has 0 unspecified atom stereocenters. The van der Waals surface area contributed by atoms with Crippen LogP contribution in [0.3, 0.4) is 0 Å². The molecule has 33 heavy (non-hydrogen) atoms. The van der Waals surface area contributed by atoms with Gasteiger partial charge in [-0.3, -0.25) is 19.3 Å². The van der Waals surface area contributed by atoms with Gasteiger partial charge in [0.2, 0.25) is 17.7 Å². The minimum Gasteiger partial charge on any atom is -0.385 e. The highest BCUT2D eigenvalue weighted by molar-refractivity contribution is 6.10. The Balaban J connectivity index is 1.76. The van der Waals surface area contributed by atoms with Gasteiger partial charge in [-0.2, -0.15) is 0 Å². The zero-order chi connectivity index (χ0) is 24.0. The van der Waals surface area contributed by atoms with Crippen LogP contribution in [0.1, 0.15) is 56.6 Å². The number of aryl methyl sites for hydroxylation is 1. The molecule has 0 bridgehead atoms. The monoisotopic (exact) mass is 457 g/mol. The molecule has 2 fully saturated rings. The van der Waals surface area contributed by atoms with Crippen molar-refractivity contribution in [3.63, 3.8) is 0 Å². The van der Waals surface area contributed by atoms with Crippen LogP contribution in [0.2, 0.25) is 0 Å². The molecular formula is C26H39N3O4. The van der Waals surface area contributed by atoms with Gasteiger partial charge in [0.25, 0.3) is 0 Å². The molecule has 0 saturated carbocycles. The Hall–Kier alpha value is -2.25. The Morgan fingerprint density at radius 1 is 1.21 bits per heavy atom. The second-order valence-electron chi connectivity index (χ2n) is 9.64. The van der Waals surface area contributed by atoms with Crippen LogP contribution in [0.15, 0.2) is 24.3 Å². The second-order valence-corrected chi connectivity index (χ2v) is 9.64. The van der Waals surface area contributed by atoms with Gasteiger partial charge in [-0.05, 0) is 63.7 Å². The first-order valence-electron chi connectivity index (χ1n) is 12.2. The Bertz CT molecular complexity index is 852. The van der Waals surface area contributed by atoms with E-state index in [1.165, 1.54) is 17.7 Å². The summed E-state index contributed by atoms with van der Waals surface area (Å²) in [5, 5.41) is 0. The van der Waals surface area contributed by atoms with Crippen LogP contribution in [0.25, 0.3) is 0 Å². The lowest BCUT2D eigenvalue weighted by atomic mass is 9.74. The van der Waals surface area contributed by atoms with Crippen LogP contribution in [0.4, 0.5) is 0 Å². The van der Waals surface area contributed by atoms with E-state index in [4.69, 9.17) is 4.74 Å². The van der Waals surface area contributed by atoms with Crippen LogP contribution in [0.5, 0.6) is 0 Å². The molecule has 2 aliphatic heterocycles. The maximum absolute atomic E-state index is 13.7. The summed E-state index contributed by atoms with van der Waals surface area (Å²) >= 11 is 0. The first-order chi connectivity index (χ1) is 15.8. The van der Waals surface area contributed by atoms with Crippen LogP contribution >= 0.6 is 0 Å². The molecule has 0 aromatic heterocycles. The van der Waals surface area contributed by atoms with E-state index in [0.717, 1.165) is 30.6 Å². The lowest BCUT2D eigenvalue weighted by molar-refractivity contribution is -0.142. The third kappa shape index (κ3) is 5.64. The fraction of sp³-hybridized carbons (Fsp3) is 0.654. The number of methoxy groups -OCH3 is 1. The molecule has 3 rings (SSSR count). The van der Waals surface area contributed by atoms with Crippen molar-refractivity contribution >= 4 is 17.7 Å². The number of ether oxygens (including phenoxy) is 1. The number of hydrogen-bond acceptors (Lipinski definition) is 5. The summed E-state index contributed by atoms with van der Waals surface area (Å²) in [6, 6.07) is 8.05. The number of carbonyl (C=O) groups excluding carboxylic acids is 3. The average molecular weight is 458 g/mol. The van der Waals surface area contributed by atoms with E-state index in [1.807, 2.05) is 38.2 Å². The molecule has 182 valence electrons.